The molecule has 6 aromatic heterocycles. The van der Waals surface area contributed by atoms with E-state index < -0.39 is 11.7 Å². The second kappa shape index (κ2) is 29.8. The number of halogens is 3. The highest BCUT2D eigenvalue weighted by molar-refractivity contribution is 9.10. The molecule has 6 heterocycles. The number of rotatable bonds is 6. The van der Waals surface area contributed by atoms with Gasteiger partial charge in [0, 0.05) is 44.7 Å². The summed E-state index contributed by atoms with van der Waals surface area (Å²) in [4.78, 5) is 67.4. The zero-order valence-corrected chi connectivity index (χ0v) is 43.0. The Morgan fingerprint density at radius 1 is 0.589 bits per heavy atom. The lowest BCUT2D eigenvalue weighted by Crippen LogP contribution is -2.12. The van der Waals surface area contributed by atoms with Crippen molar-refractivity contribution in [2.75, 3.05) is 16.4 Å². The number of nitrogens with zero attached hydrogens (tertiary/aromatic N) is 6. The van der Waals surface area contributed by atoms with Crippen molar-refractivity contribution >= 4 is 144 Å². The summed E-state index contributed by atoms with van der Waals surface area (Å²) in [5.74, 6) is 1.43. The van der Waals surface area contributed by atoms with Gasteiger partial charge in [0.1, 0.15) is 42.3 Å². The van der Waals surface area contributed by atoms with Crippen LogP contribution in [0.4, 0.5) is 33.2 Å². The SMILES string of the molecule is C.C.NC(=O)c1ccc(Br)cc1F.Nc1ccncn1.O=c1[nH]sc2cc(Br)ccc12.O=c1[nH]sc2cc(Nc3ccncn3)ccc12.O=c1[nH]sc2cc(Nc3ccncn3)ccc12.SCc1ccccc1. The molecule has 376 valence electrons. The van der Waals surface area contributed by atoms with Crippen LogP contribution in [0.5, 0.6) is 0 Å². The van der Waals surface area contributed by atoms with Gasteiger partial charge < -0.3 is 22.1 Å². The third-order valence-corrected chi connectivity index (χ3v) is 12.8. The van der Waals surface area contributed by atoms with Crippen LogP contribution in [-0.4, -0.2) is 48.9 Å². The Labute approximate surface area is 451 Å². The molecular formula is C49H46Br2FN13O4S4. The molecule has 11 aromatic rings. The highest BCUT2D eigenvalue weighted by atomic mass is 79.9. The van der Waals surface area contributed by atoms with Crippen molar-refractivity contribution in [3.05, 3.63) is 216 Å². The minimum Gasteiger partial charge on any atom is -0.384 e. The minimum atomic E-state index is -0.755. The van der Waals surface area contributed by atoms with Crippen molar-refractivity contribution in [1.82, 2.24) is 43.0 Å². The summed E-state index contributed by atoms with van der Waals surface area (Å²) in [6.07, 6.45) is 9.31. The summed E-state index contributed by atoms with van der Waals surface area (Å²) in [5, 5.41) is 8.47. The number of hydrogen-bond donors (Lipinski definition) is 8. The number of nitrogen functional groups attached to an aromatic ring is 1. The highest BCUT2D eigenvalue weighted by Crippen LogP contribution is 2.23. The van der Waals surface area contributed by atoms with Gasteiger partial charge >= 0.3 is 0 Å². The molecule has 0 spiro atoms. The fourth-order valence-electron chi connectivity index (χ4n) is 5.58. The molecule has 0 aliphatic carbocycles. The first-order valence-corrected chi connectivity index (χ1v) is 25.0. The number of nitrogens with one attached hydrogen (secondary N) is 5. The summed E-state index contributed by atoms with van der Waals surface area (Å²) < 4.78 is 25.3. The van der Waals surface area contributed by atoms with Gasteiger partial charge in [0.05, 0.1) is 35.8 Å². The van der Waals surface area contributed by atoms with Crippen LogP contribution in [0.3, 0.4) is 0 Å². The van der Waals surface area contributed by atoms with E-state index in [1.165, 1.54) is 71.3 Å². The van der Waals surface area contributed by atoms with Gasteiger partial charge in [0.2, 0.25) is 0 Å². The molecule has 24 heteroatoms. The fraction of sp³-hybridized carbons (Fsp3) is 0.0612. The second-order valence-corrected chi connectivity index (χ2v) is 18.6. The van der Waals surface area contributed by atoms with E-state index in [9.17, 15) is 23.6 Å². The molecule has 1 amide bonds. The van der Waals surface area contributed by atoms with Gasteiger partial charge in [-0.05, 0) is 96.6 Å². The van der Waals surface area contributed by atoms with E-state index >= 15 is 0 Å². The van der Waals surface area contributed by atoms with Crippen molar-refractivity contribution in [3.8, 4) is 0 Å². The number of aromatic nitrogens is 9. The Hall–Kier alpha value is -7.48. The molecule has 5 aromatic carbocycles. The zero-order chi connectivity index (χ0) is 50.5. The molecular weight excluding hydrogens is 1140 g/mol. The summed E-state index contributed by atoms with van der Waals surface area (Å²) in [6, 6.07) is 36.2. The van der Waals surface area contributed by atoms with Gasteiger partial charge in [-0.1, -0.05) is 112 Å². The van der Waals surface area contributed by atoms with Crippen LogP contribution >= 0.6 is 79.1 Å². The van der Waals surface area contributed by atoms with E-state index in [0.29, 0.717) is 21.1 Å². The molecule has 17 nitrogen and oxygen atoms in total. The van der Waals surface area contributed by atoms with E-state index in [4.69, 9.17) is 11.5 Å². The average molecular weight is 1190 g/mol. The van der Waals surface area contributed by atoms with Gasteiger partial charge in [0.25, 0.3) is 22.6 Å². The predicted molar refractivity (Wildman–Crippen MR) is 307 cm³/mol. The van der Waals surface area contributed by atoms with Crippen LogP contribution in [0, 0.1) is 5.82 Å². The van der Waals surface area contributed by atoms with Crippen LogP contribution in [0.15, 0.2) is 182 Å². The summed E-state index contributed by atoms with van der Waals surface area (Å²) >= 11 is 14.5. The number of fused-ring (bicyclic) bond motifs is 3. The first-order chi connectivity index (χ1) is 34.4. The van der Waals surface area contributed by atoms with Crippen LogP contribution in [0.25, 0.3) is 30.3 Å². The van der Waals surface area contributed by atoms with Crippen molar-refractivity contribution < 1.29 is 9.18 Å². The topological polar surface area (TPSA) is 269 Å². The van der Waals surface area contributed by atoms with Crippen LogP contribution in [0.2, 0.25) is 0 Å². The molecule has 0 atom stereocenters. The number of carbonyl (C=O) groups excluding carboxylic acids is 1. The summed E-state index contributed by atoms with van der Waals surface area (Å²) in [7, 11) is 0. The smallest absolute Gasteiger partial charge is 0.265 e. The largest absolute Gasteiger partial charge is 0.384 e. The lowest BCUT2D eigenvalue weighted by molar-refractivity contribution is 0.0996. The van der Waals surface area contributed by atoms with Crippen LogP contribution < -0.4 is 38.8 Å². The normalized spacial score (nSPS) is 9.81. The fourth-order valence-corrected chi connectivity index (χ4v) is 8.94. The maximum absolute atomic E-state index is 12.8. The Bertz CT molecular complexity index is 3480. The molecule has 0 aliphatic heterocycles. The lowest BCUT2D eigenvalue weighted by atomic mass is 10.2. The van der Waals surface area contributed by atoms with Gasteiger partial charge in [0.15, 0.2) is 0 Å². The average Bonchev–Trinajstić information content (AvgIpc) is 4.07. The Kier molecular flexibility index (Phi) is 23.7. The Morgan fingerprint density at radius 3 is 1.41 bits per heavy atom. The number of H-pyrrole nitrogens is 3. The quantitative estimate of drug-likeness (QED) is 0.0721. The number of primary amides is 1. The summed E-state index contributed by atoms with van der Waals surface area (Å²) in [5.41, 5.74) is 13.0. The molecule has 0 radical (unpaired) electrons. The van der Waals surface area contributed by atoms with E-state index in [1.54, 1.807) is 55.0 Å². The van der Waals surface area contributed by atoms with Crippen LogP contribution in [0.1, 0.15) is 30.8 Å². The van der Waals surface area contributed by atoms with Crippen molar-refractivity contribution in [3.63, 3.8) is 0 Å². The van der Waals surface area contributed by atoms with E-state index in [-0.39, 0.29) is 37.1 Å². The highest BCUT2D eigenvalue weighted by Gasteiger charge is 2.07. The molecule has 9 N–H and O–H groups in total. The third kappa shape index (κ3) is 18.3. The number of hydrogen-bond acceptors (Lipinski definition) is 17. The second-order valence-electron chi connectivity index (χ2n) is 13.9. The number of anilines is 5. The van der Waals surface area contributed by atoms with Gasteiger partial charge in [-0.25, -0.2) is 34.3 Å². The zero-order valence-electron chi connectivity index (χ0n) is 36.5. The monoisotopic (exact) mass is 1190 g/mol. The molecule has 0 unspecified atom stereocenters. The standard InChI is InChI=1S/2C11H8N4OS.C7H5BrFNO.C7H4BrNOS.C7H8S.C4H5N3.2CH4/c2*16-11-8-2-1-7(5-9(8)17-15-11)14-10-3-4-12-6-13-10;8-4-1-2-5(7(10)11)6(9)3-4;8-4-1-2-5-6(3-4)11-9-7(5)10;8-6-7-4-2-1-3-5-7;5-4-1-2-6-3-7-4;;/h2*1-6H,(H,15,16)(H,12,13,14);1-3H,(H2,10,11);1-3H,(H,9,10);1-5,8H,6H2;1-3H,(H2,5,6,7);2*1H4. The van der Waals surface area contributed by atoms with E-state index in [1.807, 2.05) is 60.7 Å². The Balaban J connectivity index is 0.000000194. The third-order valence-electron chi connectivity index (χ3n) is 8.94. The maximum Gasteiger partial charge on any atom is 0.265 e. The van der Waals surface area contributed by atoms with E-state index in [0.717, 1.165) is 52.7 Å². The first kappa shape index (κ1) is 58.1. The number of carbonyl (C=O) groups is 1. The number of aromatic amines is 3. The minimum absolute atomic E-state index is 0. The maximum atomic E-state index is 12.8. The predicted octanol–water partition coefficient (Wildman–Crippen LogP) is 11.7. The molecule has 0 aliphatic rings. The van der Waals surface area contributed by atoms with Crippen molar-refractivity contribution in [1.29, 1.82) is 0 Å². The van der Waals surface area contributed by atoms with E-state index in [2.05, 4.69) is 110 Å². The molecule has 0 bridgehead atoms. The van der Waals surface area contributed by atoms with Gasteiger partial charge in [-0.15, -0.1) is 0 Å². The molecule has 73 heavy (non-hydrogen) atoms. The van der Waals surface area contributed by atoms with Crippen molar-refractivity contribution in [2.24, 2.45) is 5.73 Å². The number of benzene rings is 5. The summed E-state index contributed by atoms with van der Waals surface area (Å²) in [6.45, 7) is 0. The molecule has 0 saturated carbocycles. The molecule has 0 fully saturated rings. The Morgan fingerprint density at radius 2 is 1.03 bits per heavy atom. The number of amides is 1. The number of nitrogens with two attached hydrogens (primary N) is 2. The van der Waals surface area contributed by atoms with Crippen molar-refractivity contribution in [2.45, 2.75) is 20.6 Å². The lowest BCUT2D eigenvalue weighted by Gasteiger charge is -2.03. The van der Waals surface area contributed by atoms with Gasteiger partial charge in [-0.3, -0.25) is 32.3 Å². The first-order valence-electron chi connectivity index (χ1n) is 20.3. The van der Waals surface area contributed by atoms with Gasteiger partial charge in [-0.2, -0.15) is 12.6 Å². The molecule has 11 rings (SSSR count). The molecule has 0 saturated heterocycles. The number of thiol groups is 1. The van der Waals surface area contributed by atoms with Crippen LogP contribution in [-0.2, 0) is 5.75 Å².